The van der Waals surface area contributed by atoms with Gasteiger partial charge in [-0.3, -0.25) is 9.69 Å². The average molecular weight is 394 g/mol. The molecule has 7 heteroatoms. The van der Waals surface area contributed by atoms with Crippen molar-refractivity contribution >= 4 is 24.1 Å². The zero-order valence-electron chi connectivity index (χ0n) is 16.1. The van der Waals surface area contributed by atoms with Gasteiger partial charge in [0, 0.05) is 52.0 Å². The first-order valence-corrected chi connectivity index (χ1v) is 10.2. The van der Waals surface area contributed by atoms with Gasteiger partial charge in [-0.05, 0) is 50.3 Å². The predicted molar refractivity (Wildman–Crippen MR) is 110 cm³/mol. The number of carbonyl (C=O) groups excluding carboxylic acids is 1. The van der Waals surface area contributed by atoms with Crippen LogP contribution in [0.3, 0.4) is 0 Å². The number of hydrogen-bond donors (Lipinski definition) is 1. The number of rotatable bonds is 4. The number of halogens is 1. The quantitative estimate of drug-likeness (QED) is 0.842. The Hall–Kier alpha value is -1.37. The molecular formula is C20H32ClN5O. The average Bonchev–Trinajstić information content (AvgIpc) is 3.24. The van der Waals surface area contributed by atoms with E-state index >= 15 is 0 Å². The van der Waals surface area contributed by atoms with Crippen LogP contribution in [0, 0.1) is 5.92 Å². The number of carbonyl (C=O) groups is 1. The van der Waals surface area contributed by atoms with Crippen LogP contribution in [0.2, 0.25) is 0 Å². The Morgan fingerprint density at radius 3 is 2.67 bits per heavy atom. The standard InChI is InChI=1S/C20H31N5O.ClH/c26-20(18-6-3-9-21-18)25-10-4-5-17(16-25)15-23-11-13-24(14-12-23)19-7-1-2-8-22-19;/h1-2,7-8,17-18,21H,3-6,9-16H2;1H. The van der Waals surface area contributed by atoms with Crippen LogP contribution in [0.1, 0.15) is 25.7 Å². The molecular weight excluding hydrogens is 362 g/mol. The first-order chi connectivity index (χ1) is 12.8. The van der Waals surface area contributed by atoms with E-state index in [0.29, 0.717) is 11.8 Å². The number of aromatic nitrogens is 1. The van der Waals surface area contributed by atoms with E-state index in [-0.39, 0.29) is 18.4 Å². The summed E-state index contributed by atoms with van der Waals surface area (Å²) in [5.41, 5.74) is 0. The Balaban J connectivity index is 0.00000210. The maximum Gasteiger partial charge on any atom is 0.239 e. The van der Waals surface area contributed by atoms with Crippen LogP contribution in [0.15, 0.2) is 24.4 Å². The molecule has 4 heterocycles. The molecule has 4 rings (SSSR count). The minimum Gasteiger partial charge on any atom is -0.354 e. The van der Waals surface area contributed by atoms with Crippen LogP contribution >= 0.6 is 12.4 Å². The molecule has 1 N–H and O–H groups in total. The van der Waals surface area contributed by atoms with Crippen molar-refractivity contribution in [2.75, 3.05) is 57.3 Å². The summed E-state index contributed by atoms with van der Waals surface area (Å²) in [6, 6.07) is 6.20. The molecule has 1 amide bonds. The zero-order chi connectivity index (χ0) is 17.8. The topological polar surface area (TPSA) is 51.7 Å². The summed E-state index contributed by atoms with van der Waals surface area (Å²) in [5, 5.41) is 3.36. The van der Waals surface area contributed by atoms with Gasteiger partial charge in [-0.2, -0.15) is 0 Å². The van der Waals surface area contributed by atoms with Gasteiger partial charge in [0.05, 0.1) is 6.04 Å². The number of nitrogens with zero attached hydrogens (tertiary/aromatic N) is 4. The minimum atomic E-state index is 0. The lowest BCUT2D eigenvalue weighted by Crippen LogP contribution is -2.52. The summed E-state index contributed by atoms with van der Waals surface area (Å²) < 4.78 is 0. The maximum absolute atomic E-state index is 12.7. The lowest BCUT2D eigenvalue weighted by Gasteiger charge is -2.40. The Kier molecular flexibility index (Phi) is 7.33. The fourth-order valence-electron chi connectivity index (χ4n) is 4.60. The number of pyridine rings is 1. The summed E-state index contributed by atoms with van der Waals surface area (Å²) in [4.78, 5) is 24.2. The highest BCUT2D eigenvalue weighted by Crippen LogP contribution is 2.21. The molecule has 0 aromatic carbocycles. The molecule has 2 atom stereocenters. The summed E-state index contributed by atoms with van der Waals surface area (Å²) in [5.74, 6) is 2.05. The van der Waals surface area contributed by atoms with E-state index in [1.165, 1.54) is 6.42 Å². The zero-order valence-corrected chi connectivity index (χ0v) is 16.9. The van der Waals surface area contributed by atoms with Gasteiger partial charge in [-0.1, -0.05) is 6.07 Å². The second-order valence-corrected chi connectivity index (χ2v) is 7.92. The van der Waals surface area contributed by atoms with Gasteiger partial charge in [0.25, 0.3) is 0 Å². The van der Waals surface area contributed by atoms with E-state index < -0.39 is 0 Å². The number of nitrogens with one attached hydrogen (secondary N) is 1. The predicted octanol–water partition coefficient (Wildman–Crippen LogP) is 1.62. The molecule has 3 aliphatic heterocycles. The fourth-order valence-corrected chi connectivity index (χ4v) is 4.60. The largest absolute Gasteiger partial charge is 0.354 e. The van der Waals surface area contributed by atoms with Crippen molar-refractivity contribution in [3.8, 4) is 0 Å². The van der Waals surface area contributed by atoms with Crippen LogP contribution < -0.4 is 10.2 Å². The van der Waals surface area contributed by atoms with E-state index in [4.69, 9.17) is 0 Å². The highest BCUT2D eigenvalue weighted by atomic mass is 35.5. The number of hydrogen-bond acceptors (Lipinski definition) is 5. The molecule has 3 saturated heterocycles. The molecule has 3 fully saturated rings. The van der Waals surface area contributed by atoms with Crippen LogP contribution in [0.4, 0.5) is 5.82 Å². The molecule has 1 aromatic heterocycles. The highest BCUT2D eigenvalue weighted by molar-refractivity contribution is 5.85. The third-order valence-corrected chi connectivity index (χ3v) is 6.05. The summed E-state index contributed by atoms with van der Waals surface area (Å²) in [6.07, 6.45) is 6.41. The molecule has 0 radical (unpaired) electrons. The number of amides is 1. The summed E-state index contributed by atoms with van der Waals surface area (Å²) in [7, 11) is 0. The van der Waals surface area contributed by atoms with E-state index in [0.717, 1.165) is 77.4 Å². The van der Waals surface area contributed by atoms with Gasteiger partial charge in [-0.25, -0.2) is 4.98 Å². The van der Waals surface area contributed by atoms with Crippen molar-refractivity contribution in [1.29, 1.82) is 0 Å². The van der Waals surface area contributed by atoms with Crippen molar-refractivity contribution in [2.24, 2.45) is 5.92 Å². The van der Waals surface area contributed by atoms with Crippen LogP contribution in [0.25, 0.3) is 0 Å². The van der Waals surface area contributed by atoms with Crippen molar-refractivity contribution in [1.82, 2.24) is 20.1 Å². The Bertz CT molecular complexity index is 587. The van der Waals surface area contributed by atoms with Crippen molar-refractivity contribution in [2.45, 2.75) is 31.7 Å². The molecule has 27 heavy (non-hydrogen) atoms. The van der Waals surface area contributed by atoms with E-state index in [2.05, 4.69) is 37.1 Å². The second kappa shape index (κ2) is 9.71. The first-order valence-electron chi connectivity index (χ1n) is 10.2. The van der Waals surface area contributed by atoms with Crippen LogP contribution in [0.5, 0.6) is 0 Å². The smallest absolute Gasteiger partial charge is 0.239 e. The third-order valence-electron chi connectivity index (χ3n) is 6.05. The van der Waals surface area contributed by atoms with Gasteiger partial charge in [-0.15, -0.1) is 12.4 Å². The Morgan fingerprint density at radius 1 is 1.11 bits per heavy atom. The normalized spacial score (nSPS) is 26.7. The van der Waals surface area contributed by atoms with Gasteiger partial charge >= 0.3 is 0 Å². The number of piperidine rings is 1. The Morgan fingerprint density at radius 2 is 1.96 bits per heavy atom. The fraction of sp³-hybridized carbons (Fsp3) is 0.700. The molecule has 6 nitrogen and oxygen atoms in total. The first kappa shape index (κ1) is 20.4. The molecule has 0 spiro atoms. The summed E-state index contributed by atoms with van der Waals surface area (Å²) >= 11 is 0. The highest BCUT2D eigenvalue weighted by Gasteiger charge is 2.31. The van der Waals surface area contributed by atoms with E-state index in [1.807, 2.05) is 12.3 Å². The van der Waals surface area contributed by atoms with Crippen molar-refractivity contribution in [3.63, 3.8) is 0 Å². The monoisotopic (exact) mass is 393 g/mol. The van der Waals surface area contributed by atoms with E-state index in [9.17, 15) is 4.79 Å². The summed E-state index contributed by atoms with van der Waals surface area (Å²) in [6.45, 7) is 8.26. The molecule has 0 saturated carbocycles. The minimum absolute atomic E-state index is 0. The maximum atomic E-state index is 12.7. The lowest BCUT2D eigenvalue weighted by molar-refractivity contribution is -0.135. The number of anilines is 1. The molecule has 0 aliphatic carbocycles. The van der Waals surface area contributed by atoms with Gasteiger partial charge in [0.1, 0.15) is 5.82 Å². The lowest BCUT2D eigenvalue weighted by atomic mass is 9.96. The third kappa shape index (κ3) is 5.12. The van der Waals surface area contributed by atoms with Crippen molar-refractivity contribution in [3.05, 3.63) is 24.4 Å². The molecule has 150 valence electrons. The molecule has 0 bridgehead atoms. The van der Waals surface area contributed by atoms with Crippen LogP contribution in [-0.4, -0.2) is 79.1 Å². The number of likely N-dealkylation sites (tertiary alicyclic amines) is 1. The van der Waals surface area contributed by atoms with Crippen molar-refractivity contribution < 1.29 is 4.79 Å². The van der Waals surface area contributed by atoms with Gasteiger partial charge < -0.3 is 15.1 Å². The van der Waals surface area contributed by atoms with Gasteiger partial charge in [0.15, 0.2) is 0 Å². The van der Waals surface area contributed by atoms with E-state index in [1.54, 1.807) is 0 Å². The molecule has 3 aliphatic rings. The second-order valence-electron chi connectivity index (χ2n) is 7.92. The number of piperazine rings is 1. The van der Waals surface area contributed by atoms with Gasteiger partial charge in [0.2, 0.25) is 5.91 Å². The molecule has 1 aromatic rings. The Labute approximate surface area is 168 Å². The van der Waals surface area contributed by atoms with Crippen LogP contribution in [-0.2, 0) is 4.79 Å². The molecule has 2 unspecified atom stereocenters. The SMILES string of the molecule is Cl.O=C(C1CCCN1)N1CCCC(CN2CCN(c3ccccn3)CC2)C1.